The lowest BCUT2D eigenvalue weighted by molar-refractivity contribution is -0.149. The highest BCUT2D eigenvalue weighted by Crippen LogP contribution is 2.33. The van der Waals surface area contributed by atoms with Crippen molar-refractivity contribution in [2.75, 3.05) is 26.0 Å². The van der Waals surface area contributed by atoms with Gasteiger partial charge in [0, 0.05) is 69.0 Å². The molecule has 1 fully saturated rings. The molecule has 16 heteroatoms. The van der Waals surface area contributed by atoms with Crippen LogP contribution in [0, 0.1) is 23.7 Å². The number of nitrogens with zero attached hydrogens (tertiary/aromatic N) is 3. The number of hydrogen-bond donors (Lipinski definition) is 4. The number of phenols is 1. The molecule has 356 valence electrons. The second-order valence-corrected chi connectivity index (χ2v) is 18.9. The number of Topliss-reactive ketones (excluding diaryl/α,β-unsaturated/α-hetero) is 2. The van der Waals surface area contributed by atoms with Crippen molar-refractivity contribution in [1.82, 2.24) is 25.4 Å². The lowest BCUT2D eigenvalue weighted by atomic mass is 9.83. The summed E-state index contributed by atoms with van der Waals surface area (Å²) in [6.45, 7) is 17.1. The van der Waals surface area contributed by atoms with E-state index in [1.807, 2.05) is 41.7 Å². The maximum atomic E-state index is 14.3. The molecule has 1 aromatic heterocycles. The van der Waals surface area contributed by atoms with Crippen LogP contribution in [0.3, 0.4) is 0 Å². The molecule has 2 heterocycles. The van der Waals surface area contributed by atoms with Gasteiger partial charge in [-0.15, -0.1) is 11.3 Å². The van der Waals surface area contributed by atoms with Crippen molar-refractivity contribution in [2.24, 2.45) is 23.7 Å². The minimum Gasteiger partial charge on any atom is -0.506 e. The lowest BCUT2D eigenvalue weighted by Gasteiger charge is -2.37. The number of phenolic OH excluding ortho intramolecular Hbond substituents is 1. The van der Waals surface area contributed by atoms with E-state index in [1.54, 1.807) is 50.2 Å². The van der Waals surface area contributed by atoms with Gasteiger partial charge >= 0.3 is 5.97 Å². The molecule has 3 rings (SSSR count). The standard InChI is InChI=1S/C48H74N6O9S/c1-12-17-34(23-33-19-20-40(56)36(24-33)51-45(60)30(7)22-41(57)31(8)49-44(59)14-3)50-46(61)37-27-64-47(52-37)43(63-32(9)55)26-39(28(4)5)54(11)48(62)35(29(6)13-2)25-42(58)38-18-15-16-21-53(38)10/h19-20,24,27-31,34-35,38-39,43,56H,12-18,21-23,25-26H2,1-11H3,(H,49,59)(H,50,61)(H,51,60)/t29-,30+,31-,34+,35-,38?,39+,43+/m0/s1. The highest BCUT2D eigenvalue weighted by Gasteiger charge is 2.38. The molecular formula is C48H74N6O9S. The Kier molecular flexibility index (Phi) is 21.5. The predicted molar refractivity (Wildman–Crippen MR) is 249 cm³/mol. The van der Waals surface area contributed by atoms with E-state index in [4.69, 9.17) is 4.74 Å². The van der Waals surface area contributed by atoms with Crippen molar-refractivity contribution in [1.29, 1.82) is 0 Å². The number of amides is 4. The van der Waals surface area contributed by atoms with Crippen LogP contribution in [0.25, 0.3) is 0 Å². The van der Waals surface area contributed by atoms with E-state index in [9.17, 15) is 38.7 Å². The highest BCUT2D eigenvalue weighted by molar-refractivity contribution is 7.09. The smallest absolute Gasteiger partial charge is 0.303 e. The van der Waals surface area contributed by atoms with Crippen LogP contribution in [0.15, 0.2) is 23.6 Å². The van der Waals surface area contributed by atoms with E-state index in [1.165, 1.54) is 24.3 Å². The molecule has 4 N–H and O–H groups in total. The average Bonchev–Trinajstić information content (AvgIpc) is 3.75. The fourth-order valence-corrected chi connectivity index (χ4v) is 9.13. The monoisotopic (exact) mass is 911 g/mol. The molecule has 0 saturated carbocycles. The van der Waals surface area contributed by atoms with Crippen LogP contribution in [-0.2, 0) is 39.9 Å². The number of carbonyl (C=O) groups is 7. The topological polar surface area (TPSA) is 204 Å². The number of hydrogen-bond acceptors (Lipinski definition) is 12. The molecular weight excluding hydrogens is 837 g/mol. The van der Waals surface area contributed by atoms with Gasteiger partial charge in [0.05, 0.1) is 17.8 Å². The number of ether oxygens (including phenoxy) is 1. The van der Waals surface area contributed by atoms with Gasteiger partial charge in [0.2, 0.25) is 17.7 Å². The van der Waals surface area contributed by atoms with Gasteiger partial charge in [-0.2, -0.15) is 0 Å². The summed E-state index contributed by atoms with van der Waals surface area (Å²) in [6, 6.07) is 3.18. The first-order chi connectivity index (χ1) is 30.2. The van der Waals surface area contributed by atoms with Gasteiger partial charge in [-0.3, -0.25) is 38.5 Å². The van der Waals surface area contributed by atoms with Gasteiger partial charge in [0.15, 0.2) is 17.7 Å². The number of nitrogens with one attached hydrogen (secondary N) is 3. The SMILES string of the molecule is CCC[C@H](Cc1ccc(O)c(NC(=O)[C@H](C)CC(=O)[C@H](C)NC(=O)CC)c1)NC(=O)c1csc([C@@H](C[C@H](C(C)C)N(C)C(=O)[C@@H](CC(=O)C2CCCCN2C)[C@@H](C)CC)OC(C)=O)n1. The molecule has 8 atom stereocenters. The minimum atomic E-state index is -0.838. The van der Waals surface area contributed by atoms with E-state index in [0.29, 0.717) is 17.8 Å². The summed E-state index contributed by atoms with van der Waals surface area (Å²) in [5.41, 5.74) is 1.05. The lowest BCUT2D eigenvalue weighted by Crippen LogP contribution is -2.48. The number of aromatic nitrogens is 1. The second kappa shape index (κ2) is 25.7. The highest BCUT2D eigenvalue weighted by atomic mass is 32.1. The Morgan fingerprint density at radius 1 is 1.00 bits per heavy atom. The van der Waals surface area contributed by atoms with Crippen LogP contribution in [0.1, 0.15) is 154 Å². The van der Waals surface area contributed by atoms with E-state index in [0.717, 1.165) is 44.2 Å². The second-order valence-electron chi connectivity index (χ2n) is 18.0. The number of esters is 1. The molecule has 2 aromatic rings. The molecule has 0 spiro atoms. The van der Waals surface area contributed by atoms with Gasteiger partial charge in [-0.25, -0.2) is 4.98 Å². The number of piperidine rings is 1. The first-order valence-corrected chi connectivity index (χ1v) is 24.0. The molecule has 0 bridgehead atoms. The zero-order chi connectivity index (χ0) is 47.8. The van der Waals surface area contributed by atoms with Crippen molar-refractivity contribution in [3.63, 3.8) is 0 Å². The van der Waals surface area contributed by atoms with Crippen LogP contribution in [0.4, 0.5) is 5.69 Å². The van der Waals surface area contributed by atoms with Crippen molar-refractivity contribution >= 4 is 58.2 Å². The zero-order valence-electron chi connectivity index (χ0n) is 40.0. The molecule has 4 amide bonds. The summed E-state index contributed by atoms with van der Waals surface area (Å²) in [5.74, 6) is -3.42. The number of carbonyl (C=O) groups excluding carboxylic acids is 7. The molecule has 1 saturated heterocycles. The first-order valence-electron chi connectivity index (χ1n) is 23.1. The number of thiazole rings is 1. The van der Waals surface area contributed by atoms with E-state index >= 15 is 0 Å². The third kappa shape index (κ3) is 15.8. The maximum absolute atomic E-state index is 14.3. The first kappa shape index (κ1) is 53.6. The van der Waals surface area contributed by atoms with Gasteiger partial charge in [0.1, 0.15) is 16.5 Å². The van der Waals surface area contributed by atoms with E-state index in [-0.39, 0.29) is 96.2 Å². The predicted octanol–water partition coefficient (Wildman–Crippen LogP) is 7.02. The summed E-state index contributed by atoms with van der Waals surface area (Å²) < 4.78 is 5.83. The van der Waals surface area contributed by atoms with Crippen LogP contribution >= 0.6 is 11.3 Å². The number of rotatable bonds is 25. The molecule has 0 radical (unpaired) electrons. The molecule has 64 heavy (non-hydrogen) atoms. The third-order valence-electron chi connectivity index (χ3n) is 12.5. The van der Waals surface area contributed by atoms with Crippen molar-refractivity contribution < 1.29 is 43.4 Å². The summed E-state index contributed by atoms with van der Waals surface area (Å²) in [6.07, 6.45) is 5.04. The number of benzene rings is 1. The number of ketones is 2. The van der Waals surface area contributed by atoms with Crippen molar-refractivity contribution in [3.05, 3.63) is 39.8 Å². The number of aromatic hydroxyl groups is 1. The molecule has 1 aliphatic heterocycles. The summed E-state index contributed by atoms with van der Waals surface area (Å²) in [4.78, 5) is 100. The Morgan fingerprint density at radius 3 is 2.31 bits per heavy atom. The Balaban J connectivity index is 1.75. The molecule has 1 aromatic carbocycles. The van der Waals surface area contributed by atoms with Crippen LogP contribution < -0.4 is 16.0 Å². The Bertz CT molecular complexity index is 1920. The molecule has 1 unspecified atom stereocenters. The number of likely N-dealkylation sites (tertiary alicyclic amines) is 1. The van der Waals surface area contributed by atoms with Gasteiger partial charge in [-0.1, -0.05) is 73.8 Å². The summed E-state index contributed by atoms with van der Waals surface area (Å²) in [5, 5.41) is 21.1. The van der Waals surface area contributed by atoms with E-state index < -0.39 is 41.8 Å². The van der Waals surface area contributed by atoms with Gasteiger partial charge in [0.25, 0.3) is 5.91 Å². The maximum Gasteiger partial charge on any atom is 0.303 e. The van der Waals surface area contributed by atoms with Gasteiger partial charge < -0.3 is 30.7 Å². The minimum absolute atomic E-state index is 0.0205. The molecule has 1 aliphatic rings. The Hall–Kier alpha value is -4.70. The number of anilines is 1. The quantitative estimate of drug-likeness (QED) is 0.0589. The third-order valence-corrected chi connectivity index (χ3v) is 13.5. The zero-order valence-corrected chi connectivity index (χ0v) is 40.8. The molecule has 0 aliphatic carbocycles. The van der Waals surface area contributed by atoms with Crippen LogP contribution in [0.5, 0.6) is 5.75 Å². The van der Waals surface area contributed by atoms with Gasteiger partial charge in [-0.05, 0) is 75.7 Å². The average molecular weight is 911 g/mol. The summed E-state index contributed by atoms with van der Waals surface area (Å²) >= 11 is 1.20. The fraction of sp³-hybridized carbons (Fsp3) is 0.667. The largest absolute Gasteiger partial charge is 0.506 e. The van der Waals surface area contributed by atoms with Crippen LogP contribution in [-0.4, -0.2) is 106 Å². The fourth-order valence-electron chi connectivity index (χ4n) is 8.29. The van der Waals surface area contributed by atoms with Crippen molar-refractivity contribution in [2.45, 2.75) is 163 Å². The van der Waals surface area contributed by atoms with Crippen LogP contribution in [0.2, 0.25) is 0 Å². The van der Waals surface area contributed by atoms with E-state index in [2.05, 4.69) is 25.8 Å². The van der Waals surface area contributed by atoms with Crippen molar-refractivity contribution in [3.8, 4) is 5.75 Å². The molecule has 15 nitrogen and oxygen atoms in total. The normalized spacial score (nSPS) is 17.5. The Labute approximate surface area is 384 Å². The summed E-state index contributed by atoms with van der Waals surface area (Å²) in [7, 11) is 3.73. The Morgan fingerprint density at radius 2 is 1.70 bits per heavy atom. The number of likely N-dealkylation sites (N-methyl/N-ethyl adjacent to an activating group) is 1.